The minimum atomic E-state index is -1.18. The number of hydrogen-bond acceptors (Lipinski definition) is 8. The fourth-order valence-corrected chi connectivity index (χ4v) is 5.10. The molecule has 0 saturated carbocycles. The van der Waals surface area contributed by atoms with E-state index in [1.807, 2.05) is 0 Å². The van der Waals surface area contributed by atoms with Gasteiger partial charge in [-0.1, -0.05) is 17.4 Å². The summed E-state index contributed by atoms with van der Waals surface area (Å²) in [7, 11) is 1.41. The predicted octanol–water partition coefficient (Wildman–Crippen LogP) is 2.98. The Morgan fingerprint density at radius 2 is 1.88 bits per heavy atom. The number of nitrogens with zero attached hydrogens (tertiary/aromatic N) is 4. The summed E-state index contributed by atoms with van der Waals surface area (Å²) in [5.41, 5.74) is -2.49. The summed E-state index contributed by atoms with van der Waals surface area (Å²) < 4.78 is 61.6. The number of anilines is 1. The van der Waals surface area contributed by atoms with Gasteiger partial charge in [-0.25, -0.2) is 32.2 Å². The molecular weight excluding hydrogens is 558 g/mol. The van der Waals surface area contributed by atoms with Crippen LogP contribution in [0.1, 0.15) is 26.4 Å². The van der Waals surface area contributed by atoms with Crippen molar-refractivity contribution in [3.8, 4) is 5.75 Å². The van der Waals surface area contributed by atoms with Gasteiger partial charge in [0.2, 0.25) is 10.6 Å². The number of amides is 2. The first-order valence-corrected chi connectivity index (χ1v) is 12.4. The molecule has 0 aliphatic carbocycles. The number of ether oxygens (including phenoxy) is 1. The number of halogens is 4. The van der Waals surface area contributed by atoms with Crippen LogP contribution in [-0.4, -0.2) is 58.4 Å². The fourth-order valence-electron chi connectivity index (χ4n) is 4.10. The molecule has 0 spiro atoms. The lowest BCUT2D eigenvalue weighted by Crippen LogP contribution is -2.53. The van der Waals surface area contributed by atoms with E-state index < -0.39 is 64.1 Å². The lowest BCUT2D eigenvalue weighted by atomic mass is 10.1. The van der Waals surface area contributed by atoms with Crippen LogP contribution in [0.5, 0.6) is 5.75 Å². The molecule has 40 heavy (non-hydrogen) atoms. The minimum absolute atomic E-state index is 0.0405. The molecule has 15 heteroatoms. The van der Waals surface area contributed by atoms with Crippen LogP contribution in [0.2, 0.25) is 0 Å². The van der Waals surface area contributed by atoms with Crippen LogP contribution in [0.4, 0.5) is 22.7 Å². The Bertz CT molecular complexity index is 1730. The van der Waals surface area contributed by atoms with Crippen molar-refractivity contribution in [2.75, 3.05) is 31.9 Å². The summed E-state index contributed by atoms with van der Waals surface area (Å²) in [6, 6.07) is 4.49. The van der Waals surface area contributed by atoms with Crippen molar-refractivity contribution in [2.24, 2.45) is 0 Å². The third-order valence-corrected chi connectivity index (χ3v) is 7.12. The molecule has 0 bridgehead atoms. The standard InChI is InChI=1S/C25H19F4N5O5S/c1-39-5-4-32-11-34(25-31-19-17(29)7-14(27)8-18(19)40-25)33-10-15(21(35)22(36)20(33)24(32)38)23(37)30-9-12-2-3-13(26)6-16(12)28/h2-3,6-8,10,36H,4-5,9,11H2,1H3,(H,30,37). The molecule has 10 nitrogen and oxygen atoms in total. The van der Waals surface area contributed by atoms with E-state index in [1.165, 1.54) is 17.0 Å². The average molecular weight is 578 g/mol. The summed E-state index contributed by atoms with van der Waals surface area (Å²) in [6.07, 6.45) is 0.988. The first-order chi connectivity index (χ1) is 19.1. The highest BCUT2D eigenvalue weighted by atomic mass is 32.1. The van der Waals surface area contributed by atoms with Crippen LogP contribution in [0.25, 0.3) is 10.2 Å². The third-order valence-electron chi connectivity index (χ3n) is 6.11. The molecule has 2 aromatic carbocycles. The quantitative estimate of drug-likeness (QED) is 0.325. The number of methoxy groups -OCH3 is 1. The van der Waals surface area contributed by atoms with E-state index in [9.17, 15) is 37.1 Å². The Hall–Kier alpha value is -4.50. The van der Waals surface area contributed by atoms with Crippen LogP contribution >= 0.6 is 11.3 Å². The van der Waals surface area contributed by atoms with Gasteiger partial charge in [-0.05, 0) is 12.1 Å². The lowest BCUT2D eigenvalue weighted by molar-refractivity contribution is 0.0636. The van der Waals surface area contributed by atoms with Gasteiger partial charge in [0.15, 0.2) is 17.3 Å². The molecule has 1 aliphatic rings. The molecule has 2 aromatic heterocycles. The topological polar surface area (TPSA) is 117 Å². The van der Waals surface area contributed by atoms with Gasteiger partial charge in [0.05, 0.1) is 11.3 Å². The van der Waals surface area contributed by atoms with Gasteiger partial charge in [-0.15, -0.1) is 0 Å². The van der Waals surface area contributed by atoms with E-state index in [4.69, 9.17) is 4.74 Å². The number of aromatic hydroxyl groups is 1. The molecule has 1 aliphatic heterocycles. The Morgan fingerprint density at radius 1 is 1.12 bits per heavy atom. The highest BCUT2D eigenvalue weighted by Gasteiger charge is 2.36. The highest BCUT2D eigenvalue weighted by molar-refractivity contribution is 7.22. The Morgan fingerprint density at radius 3 is 2.60 bits per heavy atom. The van der Waals surface area contributed by atoms with Crippen molar-refractivity contribution in [1.29, 1.82) is 0 Å². The van der Waals surface area contributed by atoms with E-state index in [1.54, 1.807) is 0 Å². The van der Waals surface area contributed by atoms with E-state index in [0.29, 0.717) is 12.1 Å². The first-order valence-electron chi connectivity index (χ1n) is 11.6. The van der Waals surface area contributed by atoms with Crippen LogP contribution in [-0.2, 0) is 11.3 Å². The number of rotatable bonds is 7. The zero-order chi connectivity index (χ0) is 28.7. The van der Waals surface area contributed by atoms with Gasteiger partial charge in [-0.2, -0.15) is 0 Å². The summed E-state index contributed by atoms with van der Waals surface area (Å²) in [5.74, 6) is -6.31. The number of hydrogen-bond donors (Lipinski definition) is 2. The Kier molecular flexibility index (Phi) is 7.16. The maximum absolute atomic E-state index is 14.4. The second-order valence-corrected chi connectivity index (χ2v) is 9.67. The normalized spacial score (nSPS) is 13.2. The first kappa shape index (κ1) is 27.1. The van der Waals surface area contributed by atoms with Crippen LogP contribution in [0.15, 0.2) is 41.3 Å². The van der Waals surface area contributed by atoms with E-state index in [2.05, 4.69) is 10.3 Å². The molecule has 4 aromatic rings. The fraction of sp³-hybridized carbons (Fsp3) is 0.200. The highest BCUT2D eigenvalue weighted by Crippen LogP contribution is 2.34. The van der Waals surface area contributed by atoms with Gasteiger partial charge in [0.1, 0.15) is 35.2 Å². The summed E-state index contributed by atoms with van der Waals surface area (Å²) in [4.78, 5) is 44.6. The number of aromatic nitrogens is 2. The third kappa shape index (κ3) is 4.84. The van der Waals surface area contributed by atoms with Crippen molar-refractivity contribution >= 4 is 38.5 Å². The molecule has 0 unspecified atom stereocenters. The number of nitrogens with one attached hydrogen (secondary N) is 1. The van der Waals surface area contributed by atoms with Crippen molar-refractivity contribution in [3.63, 3.8) is 0 Å². The zero-order valence-electron chi connectivity index (χ0n) is 20.6. The Balaban J connectivity index is 1.58. The number of fused-ring (bicyclic) bond motifs is 2. The number of carbonyl (C=O) groups excluding carboxylic acids is 2. The summed E-state index contributed by atoms with van der Waals surface area (Å²) in [6.45, 7) is -0.490. The van der Waals surface area contributed by atoms with E-state index >= 15 is 0 Å². The molecular formula is C25H19F4N5O5S. The van der Waals surface area contributed by atoms with Gasteiger partial charge >= 0.3 is 0 Å². The number of carbonyl (C=O) groups is 2. The molecule has 208 valence electrons. The number of thiazole rings is 1. The largest absolute Gasteiger partial charge is 0.502 e. The van der Waals surface area contributed by atoms with Gasteiger partial charge in [0.25, 0.3) is 11.8 Å². The van der Waals surface area contributed by atoms with Crippen LogP contribution in [0, 0.1) is 23.3 Å². The number of benzene rings is 2. The van der Waals surface area contributed by atoms with Crippen molar-refractivity contribution < 1.29 is 37.0 Å². The van der Waals surface area contributed by atoms with Crippen LogP contribution in [0.3, 0.4) is 0 Å². The predicted molar refractivity (Wildman–Crippen MR) is 135 cm³/mol. The smallest absolute Gasteiger partial charge is 0.278 e. The molecule has 5 rings (SSSR count). The van der Waals surface area contributed by atoms with Gasteiger partial charge in [-0.3, -0.25) is 14.4 Å². The average Bonchev–Trinajstić information content (AvgIpc) is 3.33. The molecule has 0 radical (unpaired) electrons. The summed E-state index contributed by atoms with van der Waals surface area (Å²) >= 11 is 0.870. The summed E-state index contributed by atoms with van der Waals surface area (Å²) in [5, 5.41) is 14.5. The molecule has 0 saturated heterocycles. The lowest BCUT2D eigenvalue weighted by Gasteiger charge is -2.38. The van der Waals surface area contributed by atoms with Crippen molar-refractivity contribution in [2.45, 2.75) is 6.54 Å². The second-order valence-electron chi connectivity index (χ2n) is 8.67. The molecule has 3 heterocycles. The molecule has 0 fully saturated rings. The van der Waals surface area contributed by atoms with E-state index in [-0.39, 0.29) is 40.7 Å². The maximum atomic E-state index is 14.4. The van der Waals surface area contributed by atoms with Gasteiger partial charge < -0.3 is 20.1 Å². The SMILES string of the molecule is COCCN1CN(c2nc3c(F)cc(F)cc3s2)n2cc(C(=O)NCc3ccc(F)cc3F)c(=O)c(O)c2C1=O. The maximum Gasteiger partial charge on any atom is 0.278 e. The monoisotopic (exact) mass is 577 g/mol. The molecule has 2 N–H and O–H groups in total. The molecule has 0 atom stereocenters. The Labute approximate surface area is 226 Å². The minimum Gasteiger partial charge on any atom is -0.502 e. The van der Waals surface area contributed by atoms with Crippen molar-refractivity contribution in [1.82, 2.24) is 19.9 Å². The zero-order valence-corrected chi connectivity index (χ0v) is 21.4. The van der Waals surface area contributed by atoms with Crippen molar-refractivity contribution in [3.05, 3.63) is 86.8 Å². The second kappa shape index (κ2) is 10.6. The van der Waals surface area contributed by atoms with E-state index in [0.717, 1.165) is 40.4 Å². The molecule has 2 amide bonds. The van der Waals surface area contributed by atoms with Gasteiger partial charge in [0, 0.05) is 44.1 Å². The number of pyridine rings is 1. The van der Waals surface area contributed by atoms with Crippen LogP contribution < -0.4 is 15.8 Å².